The van der Waals surface area contributed by atoms with Gasteiger partial charge in [-0.15, -0.1) is 11.8 Å². The van der Waals surface area contributed by atoms with Gasteiger partial charge in [0.15, 0.2) is 0 Å². The van der Waals surface area contributed by atoms with Crippen LogP contribution in [-0.2, 0) is 0 Å². The van der Waals surface area contributed by atoms with E-state index in [1.54, 1.807) is 0 Å². The molecule has 2 nitrogen and oxygen atoms in total. The third kappa shape index (κ3) is 4.22. The third-order valence-electron chi connectivity index (χ3n) is 2.07. The maximum Gasteiger partial charge on any atom is 0.0957 e. The van der Waals surface area contributed by atoms with E-state index in [1.807, 2.05) is 37.0 Å². The van der Waals surface area contributed by atoms with Crippen LogP contribution < -0.4 is 0 Å². The average molecular weight is 225 g/mol. The summed E-state index contributed by atoms with van der Waals surface area (Å²) in [6.45, 7) is 6.36. The Morgan fingerprint density at radius 3 is 2.60 bits per heavy atom. The van der Waals surface area contributed by atoms with Gasteiger partial charge in [-0.1, -0.05) is 20.8 Å². The molecule has 15 heavy (non-hydrogen) atoms. The van der Waals surface area contributed by atoms with Crippen LogP contribution in [0.2, 0.25) is 0 Å². The quantitative estimate of drug-likeness (QED) is 0.781. The van der Waals surface area contributed by atoms with Gasteiger partial charge in [0, 0.05) is 16.8 Å². The fourth-order valence-electron chi connectivity index (χ4n) is 1.15. The summed E-state index contributed by atoms with van der Waals surface area (Å²) in [5.74, 6) is 1.80. The van der Waals surface area contributed by atoms with Gasteiger partial charge in [-0.3, -0.25) is 4.98 Å². The molecule has 1 heterocycles. The van der Waals surface area contributed by atoms with Crippen molar-refractivity contribution < 1.29 is 5.11 Å². The molecule has 0 amide bonds. The van der Waals surface area contributed by atoms with Gasteiger partial charge in [0.1, 0.15) is 0 Å². The van der Waals surface area contributed by atoms with Gasteiger partial charge >= 0.3 is 0 Å². The minimum Gasteiger partial charge on any atom is -0.387 e. The van der Waals surface area contributed by atoms with Gasteiger partial charge in [0.05, 0.1) is 11.8 Å². The van der Waals surface area contributed by atoms with Crippen molar-refractivity contribution in [2.45, 2.75) is 38.2 Å². The number of aliphatic hydroxyl groups excluding tert-OH is 1. The molecule has 84 valence electrons. The van der Waals surface area contributed by atoms with Crippen molar-refractivity contribution in [3.8, 4) is 0 Å². The second-order valence-electron chi connectivity index (χ2n) is 4.05. The zero-order chi connectivity index (χ0) is 11.3. The van der Waals surface area contributed by atoms with Crippen LogP contribution in [0.1, 0.15) is 39.0 Å². The summed E-state index contributed by atoms with van der Waals surface area (Å²) in [7, 11) is 0. The molecule has 0 saturated heterocycles. The number of rotatable bonds is 5. The van der Waals surface area contributed by atoms with Crippen molar-refractivity contribution in [3.05, 3.63) is 24.0 Å². The summed E-state index contributed by atoms with van der Waals surface area (Å²) in [4.78, 5) is 5.43. The molecule has 0 spiro atoms. The minimum absolute atomic E-state index is 0.422. The molecule has 0 saturated carbocycles. The van der Waals surface area contributed by atoms with E-state index in [0.717, 1.165) is 11.4 Å². The number of thioether (sulfide) groups is 1. The SMILES string of the molecule is CC[C@H](O)c1ccc(SCC(C)C)cn1. The fraction of sp³-hybridized carbons (Fsp3) is 0.583. The number of hydrogen-bond donors (Lipinski definition) is 1. The normalized spacial score (nSPS) is 13.1. The van der Waals surface area contributed by atoms with Crippen LogP contribution in [0.5, 0.6) is 0 Å². The van der Waals surface area contributed by atoms with Gasteiger partial charge in [-0.25, -0.2) is 0 Å². The lowest BCUT2D eigenvalue weighted by molar-refractivity contribution is 0.169. The number of pyridine rings is 1. The molecule has 0 fully saturated rings. The number of aromatic nitrogens is 1. The van der Waals surface area contributed by atoms with E-state index in [2.05, 4.69) is 18.8 Å². The molecule has 1 aromatic rings. The van der Waals surface area contributed by atoms with E-state index in [9.17, 15) is 5.11 Å². The van der Waals surface area contributed by atoms with E-state index >= 15 is 0 Å². The van der Waals surface area contributed by atoms with E-state index in [0.29, 0.717) is 12.3 Å². The van der Waals surface area contributed by atoms with Crippen molar-refractivity contribution in [3.63, 3.8) is 0 Å². The molecular formula is C12H19NOS. The summed E-state index contributed by atoms with van der Waals surface area (Å²) in [6.07, 6.45) is 2.14. The Balaban J connectivity index is 2.56. The van der Waals surface area contributed by atoms with Crippen LogP contribution in [-0.4, -0.2) is 15.8 Å². The van der Waals surface area contributed by atoms with Crippen molar-refractivity contribution in [2.24, 2.45) is 5.92 Å². The highest BCUT2D eigenvalue weighted by molar-refractivity contribution is 7.99. The lowest BCUT2D eigenvalue weighted by Crippen LogP contribution is -1.98. The van der Waals surface area contributed by atoms with Crippen molar-refractivity contribution in [2.75, 3.05) is 5.75 Å². The van der Waals surface area contributed by atoms with E-state index in [4.69, 9.17) is 0 Å². The predicted octanol–water partition coefficient (Wildman–Crippen LogP) is 3.27. The van der Waals surface area contributed by atoms with E-state index in [-0.39, 0.29) is 0 Å². The second-order valence-corrected chi connectivity index (χ2v) is 5.14. The Kier molecular flexibility index (Phi) is 5.12. The van der Waals surface area contributed by atoms with Gasteiger partial charge < -0.3 is 5.11 Å². The molecule has 0 aliphatic rings. The lowest BCUT2D eigenvalue weighted by Gasteiger charge is -2.08. The molecule has 0 aromatic carbocycles. The third-order valence-corrected chi connectivity index (χ3v) is 3.48. The van der Waals surface area contributed by atoms with E-state index in [1.165, 1.54) is 4.90 Å². The molecule has 1 atom stereocenters. The van der Waals surface area contributed by atoms with Gasteiger partial charge in [-0.05, 0) is 24.5 Å². The first kappa shape index (κ1) is 12.5. The minimum atomic E-state index is -0.422. The molecule has 0 unspecified atom stereocenters. The lowest BCUT2D eigenvalue weighted by atomic mass is 10.2. The number of hydrogen-bond acceptors (Lipinski definition) is 3. The Morgan fingerprint density at radius 2 is 2.13 bits per heavy atom. The van der Waals surface area contributed by atoms with Gasteiger partial charge in [-0.2, -0.15) is 0 Å². The van der Waals surface area contributed by atoms with Gasteiger partial charge in [0.25, 0.3) is 0 Å². The molecule has 1 aromatic heterocycles. The first-order valence-electron chi connectivity index (χ1n) is 5.40. The van der Waals surface area contributed by atoms with Crippen LogP contribution >= 0.6 is 11.8 Å². The summed E-state index contributed by atoms with van der Waals surface area (Å²) < 4.78 is 0. The molecule has 0 radical (unpaired) electrons. The smallest absolute Gasteiger partial charge is 0.0957 e. The topological polar surface area (TPSA) is 33.1 Å². The first-order chi connectivity index (χ1) is 7.13. The molecule has 0 aliphatic carbocycles. The zero-order valence-electron chi connectivity index (χ0n) is 9.60. The largest absolute Gasteiger partial charge is 0.387 e. The zero-order valence-corrected chi connectivity index (χ0v) is 10.4. The average Bonchev–Trinajstić information content (AvgIpc) is 2.26. The molecule has 3 heteroatoms. The maximum absolute atomic E-state index is 9.57. The Labute approximate surface area is 96.1 Å². The standard InChI is InChI=1S/C12H19NOS/c1-4-12(14)11-6-5-10(7-13-11)15-8-9(2)3/h5-7,9,12,14H,4,8H2,1-3H3/t12-/m0/s1. The van der Waals surface area contributed by atoms with Crippen LogP contribution in [0.3, 0.4) is 0 Å². The summed E-state index contributed by atoms with van der Waals surface area (Å²) >= 11 is 1.81. The highest BCUT2D eigenvalue weighted by atomic mass is 32.2. The highest BCUT2D eigenvalue weighted by Crippen LogP contribution is 2.21. The predicted molar refractivity (Wildman–Crippen MR) is 65.0 cm³/mol. The van der Waals surface area contributed by atoms with Crippen molar-refractivity contribution in [1.82, 2.24) is 4.98 Å². The van der Waals surface area contributed by atoms with Gasteiger partial charge in [0.2, 0.25) is 0 Å². The molecule has 0 bridgehead atoms. The maximum atomic E-state index is 9.57. The first-order valence-corrected chi connectivity index (χ1v) is 6.38. The molecular weight excluding hydrogens is 206 g/mol. The Bertz CT molecular complexity index is 284. The van der Waals surface area contributed by atoms with Crippen molar-refractivity contribution >= 4 is 11.8 Å². The summed E-state index contributed by atoms with van der Waals surface area (Å²) in [5.41, 5.74) is 0.770. The van der Waals surface area contributed by atoms with Crippen LogP contribution in [0, 0.1) is 5.92 Å². The summed E-state index contributed by atoms with van der Waals surface area (Å²) in [6, 6.07) is 3.95. The number of aliphatic hydroxyl groups is 1. The molecule has 1 rings (SSSR count). The second kappa shape index (κ2) is 6.13. The van der Waals surface area contributed by atoms with Crippen LogP contribution in [0.15, 0.2) is 23.2 Å². The van der Waals surface area contributed by atoms with Crippen molar-refractivity contribution in [1.29, 1.82) is 0 Å². The fourth-order valence-corrected chi connectivity index (χ4v) is 1.96. The van der Waals surface area contributed by atoms with Crippen LogP contribution in [0.25, 0.3) is 0 Å². The Hall–Kier alpha value is -0.540. The highest BCUT2D eigenvalue weighted by Gasteiger charge is 2.05. The van der Waals surface area contributed by atoms with Crippen LogP contribution in [0.4, 0.5) is 0 Å². The summed E-state index contributed by atoms with van der Waals surface area (Å²) in [5, 5.41) is 9.57. The number of nitrogens with zero attached hydrogens (tertiary/aromatic N) is 1. The molecule has 1 N–H and O–H groups in total. The van der Waals surface area contributed by atoms with E-state index < -0.39 is 6.10 Å². The monoisotopic (exact) mass is 225 g/mol. The Morgan fingerprint density at radius 1 is 1.40 bits per heavy atom. The molecule has 0 aliphatic heterocycles.